The molecule has 0 bridgehead atoms. The first-order chi connectivity index (χ1) is 37.7. The van der Waals surface area contributed by atoms with Crippen LogP contribution in [-0.4, -0.2) is 17.2 Å². The van der Waals surface area contributed by atoms with Crippen LogP contribution >= 0.6 is 0 Å². The van der Waals surface area contributed by atoms with E-state index in [1.165, 1.54) is 109 Å². The van der Waals surface area contributed by atoms with Crippen molar-refractivity contribution in [3.63, 3.8) is 0 Å². The van der Waals surface area contributed by atoms with Crippen molar-refractivity contribution in [1.29, 1.82) is 0 Å². The first-order valence-electron chi connectivity index (χ1n) is 26.4. The van der Waals surface area contributed by atoms with E-state index in [9.17, 15) is 0 Å². The van der Waals surface area contributed by atoms with Crippen LogP contribution in [0.3, 0.4) is 0 Å². The van der Waals surface area contributed by atoms with Crippen molar-refractivity contribution in [2.75, 3.05) is 0 Å². The third-order valence-corrected chi connectivity index (χ3v) is 21.4. The zero-order valence-electron chi connectivity index (χ0n) is 41.8. The van der Waals surface area contributed by atoms with Crippen molar-refractivity contribution in [3.8, 4) is 33.6 Å². The van der Waals surface area contributed by atoms with Gasteiger partial charge in [0.05, 0.1) is 27.5 Å². The SMILES string of the molecule is c1ccc(C2(c3ccccc3)c3ccccc3-c3c(-c4ccc5c(c4)c4ccccc4n5-c4ccc5c6ccccc6n(-c6ccc([Si](c7ccccc7)(c7ccccc7)c7ccccc7)cc6)c5c4)cccc32)cc1. The lowest BCUT2D eigenvalue weighted by molar-refractivity contribution is 0.768. The van der Waals surface area contributed by atoms with Gasteiger partial charge in [0.2, 0.25) is 0 Å². The van der Waals surface area contributed by atoms with Crippen LogP contribution in [0.15, 0.2) is 303 Å². The van der Waals surface area contributed by atoms with Gasteiger partial charge in [0, 0.05) is 32.9 Å². The molecular weight excluding hydrogens is 933 g/mol. The van der Waals surface area contributed by atoms with Gasteiger partial charge in [-0.15, -0.1) is 0 Å². The van der Waals surface area contributed by atoms with E-state index in [2.05, 4.69) is 312 Å². The number of para-hydroxylation sites is 2. The molecule has 0 fully saturated rings. The lowest BCUT2D eigenvalue weighted by atomic mass is 9.67. The number of fused-ring (bicyclic) bond motifs is 9. The zero-order chi connectivity index (χ0) is 50.2. The van der Waals surface area contributed by atoms with E-state index in [-0.39, 0.29) is 0 Å². The van der Waals surface area contributed by atoms with Crippen molar-refractivity contribution in [1.82, 2.24) is 9.13 Å². The van der Waals surface area contributed by atoms with E-state index in [0.29, 0.717) is 0 Å². The molecule has 0 aliphatic heterocycles. The van der Waals surface area contributed by atoms with Crippen molar-refractivity contribution in [3.05, 3.63) is 326 Å². The van der Waals surface area contributed by atoms with Gasteiger partial charge in [-0.1, -0.05) is 255 Å². The molecule has 3 heteroatoms. The molecule has 76 heavy (non-hydrogen) atoms. The summed E-state index contributed by atoms with van der Waals surface area (Å²) in [6.45, 7) is 0. The quantitative estimate of drug-likeness (QED) is 0.101. The predicted molar refractivity (Wildman–Crippen MR) is 321 cm³/mol. The highest BCUT2D eigenvalue weighted by molar-refractivity contribution is 7.19. The summed E-state index contributed by atoms with van der Waals surface area (Å²) in [7, 11) is -2.71. The van der Waals surface area contributed by atoms with E-state index >= 15 is 0 Å². The van der Waals surface area contributed by atoms with E-state index in [1.807, 2.05) is 0 Å². The second-order valence-corrected chi connectivity index (χ2v) is 24.1. The van der Waals surface area contributed by atoms with Gasteiger partial charge < -0.3 is 9.13 Å². The molecule has 0 saturated carbocycles. The van der Waals surface area contributed by atoms with E-state index in [1.54, 1.807) is 0 Å². The maximum Gasteiger partial charge on any atom is 0.179 e. The highest BCUT2D eigenvalue weighted by atomic mass is 28.3. The van der Waals surface area contributed by atoms with Crippen LogP contribution in [0.1, 0.15) is 22.3 Å². The number of benzene rings is 12. The molecule has 0 radical (unpaired) electrons. The first-order valence-corrected chi connectivity index (χ1v) is 28.4. The fourth-order valence-electron chi connectivity index (χ4n) is 13.5. The zero-order valence-corrected chi connectivity index (χ0v) is 42.8. The molecule has 15 rings (SSSR count). The lowest BCUT2D eigenvalue weighted by Gasteiger charge is -2.34. The molecule has 0 spiro atoms. The summed E-state index contributed by atoms with van der Waals surface area (Å²) >= 11 is 0. The Kier molecular flexibility index (Phi) is 10.2. The van der Waals surface area contributed by atoms with Crippen LogP contribution in [0.25, 0.3) is 77.2 Å². The fraction of sp³-hybridized carbons (Fsp3) is 0.0137. The molecular formula is C73H50N2Si. The third kappa shape index (κ3) is 6.40. The van der Waals surface area contributed by atoms with Gasteiger partial charge in [-0.25, -0.2) is 0 Å². The monoisotopic (exact) mass is 982 g/mol. The van der Waals surface area contributed by atoms with Crippen LogP contribution in [0.2, 0.25) is 0 Å². The van der Waals surface area contributed by atoms with Crippen molar-refractivity contribution >= 4 is 72.4 Å². The minimum absolute atomic E-state index is 0.466. The minimum atomic E-state index is -2.71. The second kappa shape index (κ2) is 17.6. The standard InChI is InChI=1S/C73H50N2Si/c1-6-23-52(24-7-1)73(53-25-8-2-9-26-53)66-37-19-16-35-64(66)72-60(36-22-38-67(72)73)51-41-48-70-65(49-51)62-34-18-21-40-69(62)75(70)55-44-47-63-61-33-17-20-39-68(61)74(71(63)50-55)54-42-45-59(46-43-54)76(56-27-10-3-11-28-56,57-29-12-4-13-30-57)58-31-14-5-15-32-58/h1-50H. The molecule has 2 aromatic heterocycles. The first kappa shape index (κ1) is 44.0. The Morgan fingerprint density at radius 2 is 0.697 bits per heavy atom. The van der Waals surface area contributed by atoms with Gasteiger partial charge in [-0.2, -0.15) is 0 Å². The van der Waals surface area contributed by atoms with Crippen molar-refractivity contribution in [2.45, 2.75) is 5.41 Å². The second-order valence-electron chi connectivity index (χ2n) is 20.3. The summed E-state index contributed by atoms with van der Waals surface area (Å²) in [5.74, 6) is 0. The molecule has 0 unspecified atom stereocenters. The molecule has 2 heterocycles. The largest absolute Gasteiger partial charge is 0.309 e. The molecule has 2 nitrogen and oxygen atoms in total. The van der Waals surface area contributed by atoms with Gasteiger partial charge in [0.1, 0.15) is 0 Å². The lowest BCUT2D eigenvalue weighted by Crippen LogP contribution is -2.74. The molecule has 0 N–H and O–H groups in total. The average Bonchev–Trinajstić information content (AvgIpc) is 4.31. The highest BCUT2D eigenvalue weighted by Gasteiger charge is 2.47. The fourth-order valence-corrected chi connectivity index (χ4v) is 18.2. The molecule has 1 aliphatic rings. The summed E-state index contributed by atoms with van der Waals surface area (Å²) in [4.78, 5) is 0. The van der Waals surface area contributed by atoms with Crippen LogP contribution in [0, 0.1) is 0 Å². The Balaban J connectivity index is 0.898. The van der Waals surface area contributed by atoms with Crippen LogP contribution in [0.5, 0.6) is 0 Å². The van der Waals surface area contributed by atoms with Crippen molar-refractivity contribution < 1.29 is 0 Å². The normalized spacial score (nSPS) is 12.8. The number of hydrogen-bond acceptors (Lipinski definition) is 0. The summed E-state index contributed by atoms with van der Waals surface area (Å²) in [6.07, 6.45) is 0. The van der Waals surface area contributed by atoms with Gasteiger partial charge in [-0.05, 0) is 114 Å². The van der Waals surface area contributed by atoms with Gasteiger partial charge >= 0.3 is 0 Å². The molecule has 1 aliphatic carbocycles. The predicted octanol–water partition coefficient (Wildman–Crippen LogP) is 15.3. The minimum Gasteiger partial charge on any atom is -0.309 e. The summed E-state index contributed by atoms with van der Waals surface area (Å²) in [5, 5.41) is 10.4. The van der Waals surface area contributed by atoms with Gasteiger partial charge in [0.25, 0.3) is 0 Å². The molecule has 0 amide bonds. The van der Waals surface area contributed by atoms with E-state index < -0.39 is 13.5 Å². The Bertz CT molecular complexity index is 4350. The Hall–Kier alpha value is -9.54. The van der Waals surface area contributed by atoms with E-state index in [4.69, 9.17) is 0 Å². The molecule has 0 atom stereocenters. The number of nitrogens with zero attached hydrogens (tertiary/aromatic N) is 2. The summed E-state index contributed by atoms with van der Waals surface area (Å²) < 4.78 is 4.94. The molecule has 12 aromatic carbocycles. The van der Waals surface area contributed by atoms with E-state index in [0.717, 1.165) is 11.4 Å². The molecule has 14 aromatic rings. The Morgan fingerprint density at radius 1 is 0.263 bits per heavy atom. The topological polar surface area (TPSA) is 9.86 Å². The molecule has 356 valence electrons. The maximum atomic E-state index is 2.47. The Morgan fingerprint density at radius 3 is 1.30 bits per heavy atom. The van der Waals surface area contributed by atoms with Crippen LogP contribution in [-0.2, 0) is 5.41 Å². The average molecular weight is 983 g/mol. The third-order valence-electron chi connectivity index (χ3n) is 16.6. The number of rotatable bonds is 9. The van der Waals surface area contributed by atoms with Gasteiger partial charge in [-0.3, -0.25) is 0 Å². The summed E-state index contributed by atoms with van der Waals surface area (Å²) in [6, 6.07) is 113. The summed E-state index contributed by atoms with van der Waals surface area (Å²) in [5.41, 5.74) is 16.7. The van der Waals surface area contributed by atoms with Crippen molar-refractivity contribution in [2.24, 2.45) is 0 Å². The van der Waals surface area contributed by atoms with Gasteiger partial charge in [0.15, 0.2) is 8.07 Å². The van der Waals surface area contributed by atoms with Crippen LogP contribution in [0.4, 0.5) is 0 Å². The Labute approximate surface area is 443 Å². The maximum absolute atomic E-state index is 2.71. The highest BCUT2D eigenvalue weighted by Crippen LogP contribution is 2.58. The smallest absolute Gasteiger partial charge is 0.179 e. The number of aromatic nitrogens is 2. The van der Waals surface area contributed by atoms with Crippen LogP contribution < -0.4 is 20.7 Å². The molecule has 0 saturated heterocycles. The number of hydrogen-bond donors (Lipinski definition) is 0.